The number of hydrogen-bond acceptors (Lipinski definition) is 6. The second kappa shape index (κ2) is 10.7. The Balaban J connectivity index is 1.47. The van der Waals surface area contributed by atoms with Gasteiger partial charge in [0.1, 0.15) is 17.9 Å². The zero-order valence-corrected chi connectivity index (χ0v) is 19.8. The van der Waals surface area contributed by atoms with Gasteiger partial charge in [-0.05, 0) is 35.4 Å². The summed E-state index contributed by atoms with van der Waals surface area (Å²) < 4.78 is 40.7. The Kier molecular flexibility index (Phi) is 7.60. The van der Waals surface area contributed by atoms with Gasteiger partial charge in [0, 0.05) is 30.6 Å². The number of carbonyl (C=O) groups excluding carboxylic acids is 3. The van der Waals surface area contributed by atoms with Gasteiger partial charge in [0.05, 0.1) is 12.1 Å². The standard InChI is InChI=1S/C25H25F3N4O6/c26-25(27,28)38-17-7-5-16(6-8-17)30-24(37)31-18-9-15(11-20(33)21(18)34)23(36)32-12-14-4-2-1-3-13(14)10-19(32)22(29)35/h1-9,18-21,33-34H,10-12H2,(H2,29,35)(H2,30,31,37). The van der Waals surface area contributed by atoms with Gasteiger partial charge in [-0.2, -0.15) is 0 Å². The van der Waals surface area contributed by atoms with Crippen LogP contribution in [0.2, 0.25) is 0 Å². The highest BCUT2D eigenvalue weighted by Gasteiger charge is 2.39. The second-order valence-electron chi connectivity index (χ2n) is 8.97. The largest absolute Gasteiger partial charge is 0.573 e. The first-order valence-corrected chi connectivity index (χ1v) is 11.6. The highest BCUT2D eigenvalue weighted by molar-refractivity contribution is 5.98. The van der Waals surface area contributed by atoms with Crippen molar-refractivity contribution in [2.24, 2.45) is 5.73 Å². The number of nitrogens with two attached hydrogens (primary N) is 1. The Bertz CT molecular complexity index is 1250. The summed E-state index contributed by atoms with van der Waals surface area (Å²) in [5.41, 5.74) is 7.50. The SMILES string of the molecule is NC(=O)C1Cc2ccccc2CN1C(=O)C1=CC(NC(=O)Nc2ccc(OC(F)(F)F)cc2)C(O)C(O)C1. The van der Waals surface area contributed by atoms with Crippen molar-refractivity contribution in [3.05, 3.63) is 71.3 Å². The summed E-state index contributed by atoms with van der Waals surface area (Å²) in [6.07, 6.45) is -6.39. The molecule has 0 radical (unpaired) electrons. The summed E-state index contributed by atoms with van der Waals surface area (Å²) >= 11 is 0. The van der Waals surface area contributed by atoms with Crippen LogP contribution < -0.4 is 21.1 Å². The Morgan fingerprint density at radius 2 is 1.66 bits per heavy atom. The van der Waals surface area contributed by atoms with E-state index < -0.39 is 54.2 Å². The monoisotopic (exact) mass is 534 g/mol. The van der Waals surface area contributed by atoms with E-state index in [1.54, 1.807) is 0 Å². The number of alkyl halides is 3. The average Bonchev–Trinajstić information content (AvgIpc) is 2.85. The molecule has 0 spiro atoms. The van der Waals surface area contributed by atoms with Gasteiger partial charge in [0.25, 0.3) is 5.91 Å². The maximum Gasteiger partial charge on any atom is 0.573 e. The molecule has 0 saturated heterocycles. The van der Waals surface area contributed by atoms with Gasteiger partial charge in [-0.1, -0.05) is 30.3 Å². The normalized spacial score (nSPS) is 23.1. The smallest absolute Gasteiger partial charge is 0.406 e. The van der Waals surface area contributed by atoms with Gasteiger partial charge in [-0.3, -0.25) is 9.59 Å². The van der Waals surface area contributed by atoms with E-state index >= 15 is 0 Å². The second-order valence-corrected chi connectivity index (χ2v) is 8.97. The van der Waals surface area contributed by atoms with E-state index in [1.165, 1.54) is 23.1 Å². The molecule has 0 fully saturated rings. The van der Waals surface area contributed by atoms with E-state index in [9.17, 15) is 37.8 Å². The van der Waals surface area contributed by atoms with Crippen LogP contribution in [-0.4, -0.2) is 63.6 Å². The van der Waals surface area contributed by atoms with Crippen LogP contribution in [-0.2, 0) is 22.6 Å². The lowest BCUT2D eigenvalue weighted by Gasteiger charge is -2.38. The number of amides is 4. The van der Waals surface area contributed by atoms with Gasteiger partial charge in [0.2, 0.25) is 5.91 Å². The van der Waals surface area contributed by atoms with Crippen LogP contribution >= 0.6 is 0 Å². The molecule has 2 aromatic rings. The van der Waals surface area contributed by atoms with Crippen LogP contribution in [0.3, 0.4) is 0 Å². The van der Waals surface area contributed by atoms with E-state index in [2.05, 4.69) is 15.4 Å². The third-order valence-electron chi connectivity index (χ3n) is 6.33. The van der Waals surface area contributed by atoms with Crippen LogP contribution in [0.5, 0.6) is 5.75 Å². The fraction of sp³-hybridized carbons (Fsp3) is 0.320. The first kappa shape index (κ1) is 26.9. The van der Waals surface area contributed by atoms with Crippen molar-refractivity contribution in [3.8, 4) is 5.75 Å². The molecule has 4 rings (SSSR count). The number of nitrogens with one attached hydrogen (secondary N) is 2. The minimum Gasteiger partial charge on any atom is -0.406 e. The molecule has 0 aromatic heterocycles. The molecule has 0 bridgehead atoms. The van der Waals surface area contributed by atoms with E-state index in [1.807, 2.05) is 24.3 Å². The van der Waals surface area contributed by atoms with Gasteiger partial charge >= 0.3 is 12.4 Å². The number of urea groups is 1. The molecule has 0 saturated carbocycles. The summed E-state index contributed by atoms with van der Waals surface area (Å²) in [5.74, 6) is -1.73. The predicted octanol–water partition coefficient (Wildman–Crippen LogP) is 1.57. The summed E-state index contributed by atoms with van der Waals surface area (Å²) in [4.78, 5) is 39.4. The van der Waals surface area contributed by atoms with E-state index in [0.717, 1.165) is 23.3 Å². The fourth-order valence-corrected chi connectivity index (χ4v) is 4.49. The fourth-order valence-electron chi connectivity index (χ4n) is 4.49. The van der Waals surface area contributed by atoms with Crippen LogP contribution in [0.4, 0.5) is 23.7 Å². The predicted molar refractivity (Wildman–Crippen MR) is 127 cm³/mol. The third-order valence-corrected chi connectivity index (χ3v) is 6.33. The molecule has 4 amide bonds. The Hall–Kier alpha value is -4.10. The first-order valence-electron chi connectivity index (χ1n) is 11.6. The lowest BCUT2D eigenvalue weighted by molar-refractivity contribution is -0.274. The number of carbonyl (C=O) groups is 3. The summed E-state index contributed by atoms with van der Waals surface area (Å²) in [5, 5.41) is 25.6. The lowest BCUT2D eigenvalue weighted by atomic mass is 9.88. The highest BCUT2D eigenvalue weighted by atomic mass is 19.4. The molecular formula is C25H25F3N4O6. The molecule has 1 aliphatic carbocycles. The van der Waals surface area contributed by atoms with E-state index in [4.69, 9.17) is 5.73 Å². The van der Waals surface area contributed by atoms with Crippen molar-refractivity contribution in [3.63, 3.8) is 0 Å². The number of aliphatic hydroxyl groups excluding tert-OH is 2. The Labute approximate surface area is 214 Å². The van der Waals surface area contributed by atoms with Crippen molar-refractivity contribution in [2.45, 2.75) is 50.0 Å². The zero-order chi connectivity index (χ0) is 27.6. The molecule has 1 aliphatic heterocycles. The van der Waals surface area contributed by atoms with Crippen LogP contribution in [0.25, 0.3) is 0 Å². The van der Waals surface area contributed by atoms with E-state index in [-0.39, 0.29) is 30.6 Å². The van der Waals surface area contributed by atoms with Gasteiger partial charge in [-0.25, -0.2) is 4.79 Å². The number of fused-ring (bicyclic) bond motifs is 1. The molecule has 1 heterocycles. The number of primary amides is 1. The van der Waals surface area contributed by atoms with Gasteiger partial charge in [-0.15, -0.1) is 13.2 Å². The lowest BCUT2D eigenvalue weighted by Crippen LogP contribution is -2.54. The first-order chi connectivity index (χ1) is 17.9. The van der Waals surface area contributed by atoms with Crippen LogP contribution in [0.15, 0.2) is 60.2 Å². The molecule has 38 heavy (non-hydrogen) atoms. The minimum absolute atomic E-state index is 0.0763. The topological polar surface area (TPSA) is 154 Å². The van der Waals surface area contributed by atoms with Crippen molar-refractivity contribution in [1.82, 2.24) is 10.2 Å². The van der Waals surface area contributed by atoms with Crippen molar-refractivity contribution >= 4 is 23.5 Å². The maximum atomic E-state index is 13.4. The molecule has 13 heteroatoms. The molecule has 10 nitrogen and oxygen atoms in total. The molecule has 6 N–H and O–H groups in total. The number of aliphatic hydroxyl groups is 2. The number of halogens is 3. The number of rotatable bonds is 5. The number of anilines is 1. The molecule has 4 unspecified atom stereocenters. The van der Waals surface area contributed by atoms with Gasteiger partial charge < -0.3 is 36.2 Å². The molecule has 2 aliphatic rings. The average molecular weight is 534 g/mol. The van der Waals surface area contributed by atoms with Gasteiger partial charge in [0.15, 0.2) is 0 Å². The van der Waals surface area contributed by atoms with Crippen molar-refractivity contribution in [1.29, 1.82) is 0 Å². The molecule has 2 aromatic carbocycles. The molecule has 202 valence electrons. The number of hydrogen-bond donors (Lipinski definition) is 5. The maximum absolute atomic E-state index is 13.4. The Morgan fingerprint density at radius 1 is 1.00 bits per heavy atom. The quantitative estimate of drug-likeness (QED) is 0.392. The minimum atomic E-state index is -4.86. The zero-order valence-electron chi connectivity index (χ0n) is 19.8. The number of benzene rings is 2. The highest BCUT2D eigenvalue weighted by Crippen LogP contribution is 2.28. The summed E-state index contributed by atoms with van der Waals surface area (Å²) in [7, 11) is 0. The van der Waals surface area contributed by atoms with Crippen molar-refractivity contribution in [2.75, 3.05) is 5.32 Å². The third kappa shape index (κ3) is 6.23. The summed E-state index contributed by atoms with van der Waals surface area (Å²) in [6.45, 7) is 0.116. The van der Waals surface area contributed by atoms with Crippen LogP contribution in [0.1, 0.15) is 17.5 Å². The molecule has 4 atom stereocenters. The number of nitrogens with zero attached hydrogens (tertiary/aromatic N) is 1. The molecular weight excluding hydrogens is 509 g/mol. The number of ether oxygens (including phenoxy) is 1. The van der Waals surface area contributed by atoms with Crippen LogP contribution in [0, 0.1) is 0 Å². The Morgan fingerprint density at radius 3 is 2.29 bits per heavy atom. The van der Waals surface area contributed by atoms with Crippen molar-refractivity contribution < 1.29 is 42.5 Å². The summed E-state index contributed by atoms with van der Waals surface area (Å²) in [6, 6.07) is 8.72. The van der Waals surface area contributed by atoms with E-state index in [0.29, 0.717) is 0 Å².